The Bertz CT molecular complexity index is 432. The van der Waals surface area contributed by atoms with Crippen LogP contribution in [-0.2, 0) is 4.79 Å². The molecule has 2 amide bonds. The average molecular weight is 225 g/mol. The Morgan fingerprint density at radius 3 is 2.56 bits per heavy atom. The minimum absolute atomic E-state index is 0.112. The first-order valence-electron chi connectivity index (χ1n) is 4.57. The predicted octanol–water partition coefficient (Wildman–Crippen LogP) is 0.210. The molecule has 16 heavy (non-hydrogen) atoms. The zero-order valence-electron chi connectivity index (χ0n) is 8.66. The SMILES string of the molecule is CC(N)C(=O)Nc1cc(C(N)=O)ccc1F. The Morgan fingerprint density at radius 1 is 1.44 bits per heavy atom. The maximum absolute atomic E-state index is 13.2. The lowest BCUT2D eigenvalue weighted by Crippen LogP contribution is -2.32. The van der Waals surface area contributed by atoms with Crippen molar-refractivity contribution in [2.24, 2.45) is 11.5 Å². The Morgan fingerprint density at radius 2 is 2.06 bits per heavy atom. The summed E-state index contributed by atoms with van der Waals surface area (Å²) < 4.78 is 13.2. The Kier molecular flexibility index (Phi) is 3.57. The number of carbonyl (C=O) groups excluding carboxylic acids is 2. The summed E-state index contributed by atoms with van der Waals surface area (Å²) in [6, 6.07) is 2.69. The molecule has 1 unspecified atom stereocenters. The summed E-state index contributed by atoms with van der Waals surface area (Å²) in [6.07, 6.45) is 0. The normalized spacial score (nSPS) is 11.9. The molecule has 0 heterocycles. The molecule has 86 valence electrons. The van der Waals surface area contributed by atoms with Crippen molar-refractivity contribution < 1.29 is 14.0 Å². The van der Waals surface area contributed by atoms with Crippen LogP contribution in [-0.4, -0.2) is 17.9 Å². The zero-order valence-corrected chi connectivity index (χ0v) is 8.66. The number of primary amides is 1. The van der Waals surface area contributed by atoms with E-state index in [0.717, 1.165) is 12.1 Å². The fourth-order valence-electron chi connectivity index (χ4n) is 1.02. The third-order valence-electron chi connectivity index (χ3n) is 1.92. The molecule has 0 aliphatic heterocycles. The molecule has 0 aliphatic carbocycles. The summed E-state index contributed by atoms with van der Waals surface area (Å²) in [7, 11) is 0. The third kappa shape index (κ3) is 2.77. The lowest BCUT2D eigenvalue weighted by Gasteiger charge is -2.09. The highest BCUT2D eigenvalue weighted by Crippen LogP contribution is 2.16. The van der Waals surface area contributed by atoms with E-state index >= 15 is 0 Å². The summed E-state index contributed by atoms with van der Waals surface area (Å²) in [5.74, 6) is -1.89. The van der Waals surface area contributed by atoms with Gasteiger partial charge in [0.15, 0.2) is 0 Å². The molecule has 0 aliphatic rings. The van der Waals surface area contributed by atoms with Crippen molar-refractivity contribution in [1.29, 1.82) is 0 Å². The molecule has 0 aromatic heterocycles. The van der Waals surface area contributed by atoms with Gasteiger partial charge in [-0.1, -0.05) is 0 Å². The Balaban J connectivity index is 2.99. The molecule has 1 aromatic carbocycles. The fourth-order valence-corrected chi connectivity index (χ4v) is 1.02. The molecule has 0 bridgehead atoms. The monoisotopic (exact) mass is 225 g/mol. The number of nitrogens with two attached hydrogens (primary N) is 2. The van der Waals surface area contributed by atoms with Gasteiger partial charge in [-0.3, -0.25) is 9.59 Å². The first-order valence-corrected chi connectivity index (χ1v) is 4.57. The Labute approximate surface area is 91.6 Å². The largest absolute Gasteiger partial charge is 0.366 e. The maximum atomic E-state index is 13.2. The molecule has 0 saturated carbocycles. The standard InChI is InChI=1S/C10H12FN3O2/c1-5(12)10(16)14-8-4-6(9(13)15)2-3-7(8)11/h2-5H,12H2,1H3,(H2,13,15)(H,14,16). The van der Waals surface area contributed by atoms with Crippen molar-refractivity contribution in [1.82, 2.24) is 0 Å². The highest BCUT2D eigenvalue weighted by molar-refractivity contribution is 5.97. The van der Waals surface area contributed by atoms with E-state index in [4.69, 9.17) is 11.5 Å². The lowest BCUT2D eigenvalue weighted by atomic mass is 10.2. The highest BCUT2D eigenvalue weighted by Gasteiger charge is 2.12. The topological polar surface area (TPSA) is 98.2 Å². The third-order valence-corrected chi connectivity index (χ3v) is 1.92. The van der Waals surface area contributed by atoms with Crippen molar-refractivity contribution in [2.45, 2.75) is 13.0 Å². The summed E-state index contributed by atoms with van der Waals surface area (Å²) in [5.41, 5.74) is 10.3. The highest BCUT2D eigenvalue weighted by atomic mass is 19.1. The van der Waals surface area contributed by atoms with Crippen molar-refractivity contribution in [3.05, 3.63) is 29.6 Å². The van der Waals surface area contributed by atoms with Crippen LogP contribution in [0.15, 0.2) is 18.2 Å². The minimum Gasteiger partial charge on any atom is -0.366 e. The minimum atomic E-state index is -0.767. The lowest BCUT2D eigenvalue weighted by molar-refractivity contribution is -0.117. The molecule has 5 nitrogen and oxygen atoms in total. The van der Waals surface area contributed by atoms with E-state index in [1.807, 2.05) is 0 Å². The number of rotatable bonds is 3. The number of hydrogen-bond acceptors (Lipinski definition) is 3. The molecule has 0 saturated heterocycles. The second-order valence-corrected chi connectivity index (χ2v) is 3.34. The number of carbonyl (C=O) groups is 2. The molecule has 1 rings (SSSR count). The van der Waals surface area contributed by atoms with Gasteiger partial charge >= 0.3 is 0 Å². The molecule has 0 radical (unpaired) electrons. The molecule has 6 heteroatoms. The molecular formula is C10H12FN3O2. The van der Waals surface area contributed by atoms with Gasteiger partial charge in [-0.25, -0.2) is 4.39 Å². The van der Waals surface area contributed by atoms with Crippen LogP contribution in [0.1, 0.15) is 17.3 Å². The van der Waals surface area contributed by atoms with E-state index in [2.05, 4.69) is 5.32 Å². The van der Waals surface area contributed by atoms with Gasteiger partial charge in [-0.2, -0.15) is 0 Å². The van der Waals surface area contributed by atoms with E-state index in [1.165, 1.54) is 13.0 Å². The van der Waals surface area contributed by atoms with Gasteiger partial charge in [0, 0.05) is 5.56 Å². The zero-order chi connectivity index (χ0) is 12.3. The van der Waals surface area contributed by atoms with Gasteiger partial charge in [0.1, 0.15) is 5.82 Å². The quantitative estimate of drug-likeness (QED) is 0.685. The van der Waals surface area contributed by atoms with Gasteiger partial charge in [0.05, 0.1) is 11.7 Å². The van der Waals surface area contributed by atoms with Crippen LogP contribution in [0.4, 0.5) is 10.1 Å². The van der Waals surface area contributed by atoms with E-state index in [9.17, 15) is 14.0 Å². The van der Waals surface area contributed by atoms with Gasteiger partial charge < -0.3 is 16.8 Å². The average Bonchev–Trinajstić information content (AvgIpc) is 2.20. The summed E-state index contributed by atoms with van der Waals surface area (Å²) in [6.45, 7) is 1.46. The molecule has 5 N–H and O–H groups in total. The number of halogens is 1. The molecule has 0 spiro atoms. The molecule has 0 fully saturated rings. The smallest absolute Gasteiger partial charge is 0.248 e. The maximum Gasteiger partial charge on any atom is 0.248 e. The van der Waals surface area contributed by atoms with E-state index in [0.29, 0.717) is 0 Å². The first kappa shape index (κ1) is 12.1. The number of anilines is 1. The van der Waals surface area contributed by atoms with Crippen LogP contribution in [0.2, 0.25) is 0 Å². The van der Waals surface area contributed by atoms with Crippen LogP contribution in [0, 0.1) is 5.82 Å². The van der Waals surface area contributed by atoms with Gasteiger partial charge in [-0.05, 0) is 25.1 Å². The number of hydrogen-bond donors (Lipinski definition) is 3. The number of benzene rings is 1. The van der Waals surface area contributed by atoms with E-state index in [1.54, 1.807) is 0 Å². The second-order valence-electron chi connectivity index (χ2n) is 3.34. The number of amides is 2. The van der Waals surface area contributed by atoms with E-state index < -0.39 is 23.7 Å². The van der Waals surface area contributed by atoms with Gasteiger partial charge in [0.2, 0.25) is 11.8 Å². The van der Waals surface area contributed by atoms with Crippen molar-refractivity contribution in [3.63, 3.8) is 0 Å². The second kappa shape index (κ2) is 4.71. The van der Waals surface area contributed by atoms with Crippen LogP contribution < -0.4 is 16.8 Å². The number of nitrogens with one attached hydrogen (secondary N) is 1. The fraction of sp³-hybridized carbons (Fsp3) is 0.200. The van der Waals surface area contributed by atoms with Gasteiger partial charge in [0.25, 0.3) is 0 Å². The molecular weight excluding hydrogens is 213 g/mol. The van der Waals surface area contributed by atoms with Crippen LogP contribution in [0.3, 0.4) is 0 Å². The van der Waals surface area contributed by atoms with Crippen molar-refractivity contribution in [2.75, 3.05) is 5.32 Å². The van der Waals surface area contributed by atoms with E-state index in [-0.39, 0.29) is 11.3 Å². The van der Waals surface area contributed by atoms with Crippen molar-refractivity contribution >= 4 is 17.5 Å². The van der Waals surface area contributed by atoms with Gasteiger partial charge in [-0.15, -0.1) is 0 Å². The molecule has 1 atom stereocenters. The Hall–Kier alpha value is -1.95. The first-order chi connectivity index (χ1) is 7.41. The molecule has 1 aromatic rings. The predicted molar refractivity (Wildman–Crippen MR) is 57.2 cm³/mol. The van der Waals surface area contributed by atoms with Crippen LogP contribution >= 0.6 is 0 Å². The summed E-state index contributed by atoms with van der Waals surface area (Å²) in [5, 5.41) is 2.26. The van der Waals surface area contributed by atoms with Crippen LogP contribution in [0.25, 0.3) is 0 Å². The van der Waals surface area contributed by atoms with Crippen LogP contribution in [0.5, 0.6) is 0 Å². The summed E-state index contributed by atoms with van der Waals surface area (Å²) >= 11 is 0. The summed E-state index contributed by atoms with van der Waals surface area (Å²) in [4.78, 5) is 22.1. The van der Waals surface area contributed by atoms with Crippen molar-refractivity contribution in [3.8, 4) is 0 Å².